The van der Waals surface area contributed by atoms with E-state index >= 15 is 0 Å². The molecule has 1 aromatic heterocycles. The maximum Gasteiger partial charge on any atom is 0.282 e. The molecule has 0 radical (unpaired) electrons. The van der Waals surface area contributed by atoms with Crippen LogP contribution in [0.15, 0.2) is 82.7 Å². The molecule has 0 unspecified atom stereocenters. The van der Waals surface area contributed by atoms with E-state index in [4.69, 9.17) is 33.8 Å². The smallest absolute Gasteiger partial charge is 0.282 e. The van der Waals surface area contributed by atoms with Crippen molar-refractivity contribution < 1.29 is 23.7 Å². The van der Waals surface area contributed by atoms with Crippen LogP contribution in [0.3, 0.4) is 0 Å². The molecule has 9 heteroatoms. The molecule has 0 N–H and O–H groups in total. The first-order valence-electron chi connectivity index (χ1n) is 14.3. The Bertz CT molecular complexity index is 1950. The lowest BCUT2D eigenvalue weighted by Crippen LogP contribution is -2.21. The van der Waals surface area contributed by atoms with Crippen LogP contribution in [0.4, 0.5) is 0 Å². The molecular weight excluding hydrogens is 558 g/mol. The number of aryl methyl sites for hydroxylation is 1. The fraction of sp³-hybridized carbons (Fsp3) is 0.229. The van der Waals surface area contributed by atoms with Crippen molar-refractivity contribution in [2.75, 3.05) is 21.0 Å². The Kier molecular flexibility index (Phi) is 7.93. The van der Waals surface area contributed by atoms with E-state index in [0.29, 0.717) is 45.3 Å². The van der Waals surface area contributed by atoms with E-state index in [2.05, 4.69) is 13.8 Å². The molecule has 4 aromatic carbocycles. The van der Waals surface area contributed by atoms with Crippen molar-refractivity contribution >= 4 is 17.1 Å². The van der Waals surface area contributed by atoms with Gasteiger partial charge < -0.3 is 23.7 Å². The van der Waals surface area contributed by atoms with Gasteiger partial charge in [-0.05, 0) is 78.1 Å². The Morgan fingerprint density at radius 1 is 0.955 bits per heavy atom. The van der Waals surface area contributed by atoms with Gasteiger partial charge in [-0.2, -0.15) is 9.78 Å². The topological polar surface area (TPSA) is 93.4 Å². The highest BCUT2D eigenvalue weighted by Gasteiger charge is 2.19. The molecular formula is C35H33N3O6. The Balaban J connectivity index is 1.44. The van der Waals surface area contributed by atoms with Crippen LogP contribution in [0.2, 0.25) is 0 Å². The molecule has 0 aliphatic carbocycles. The van der Waals surface area contributed by atoms with E-state index in [1.165, 1.54) is 4.68 Å². The summed E-state index contributed by atoms with van der Waals surface area (Å²) in [4.78, 5) is 18.8. The number of hydrogen-bond donors (Lipinski definition) is 0. The molecule has 0 spiro atoms. The molecule has 0 saturated carbocycles. The van der Waals surface area contributed by atoms with Crippen molar-refractivity contribution in [2.24, 2.45) is 5.10 Å². The summed E-state index contributed by atoms with van der Waals surface area (Å²) in [6, 6.07) is 22.5. The van der Waals surface area contributed by atoms with Crippen molar-refractivity contribution in [1.29, 1.82) is 0 Å². The summed E-state index contributed by atoms with van der Waals surface area (Å²) in [6.07, 6.45) is 1.60. The first-order valence-corrected chi connectivity index (χ1v) is 14.3. The summed E-state index contributed by atoms with van der Waals surface area (Å²) in [7, 11) is 3.24. The summed E-state index contributed by atoms with van der Waals surface area (Å²) in [6.45, 7) is 6.63. The second kappa shape index (κ2) is 12.1. The molecule has 1 aliphatic heterocycles. The van der Waals surface area contributed by atoms with Gasteiger partial charge in [0.1, 0.15) is 12.4 Å². The Morgan fingerprint density at radius 3 is 2.55 bits per heavy atom. The van der Waals surface area contributed by atoms with E-state index in [9.17, 15) is 4.79 Å². The molecule has 0 saturated heterocycles. The standard InChI is InChI=1S/C35H33N3O6/c1-21(2)26-17-27(22(3)15-31(26)41-5)34-37-28-11-7-6-10-25(28)35(39)38(34)36-18-24-9-8-12-30(40-4)33(24)42-19-23-13-14-29-32(16-23)44-20-43-29/h6-18,21H,19-20H2,1-5H3. The number of rotatable bonds is 9. The van der Waals surface area contributed by atoms with Crippen molar-refractivity contribution in [1.82, 2.24) is 9.66 Å². The van der Waals surface area contributed by atoms with Crippen LogP contribution in [-0.4, -0.2) is 36.9 Å². The minimum Gasteiger partial charge on any atom is -0.496 e. The highest BCUT2D eigenvalue weighted by molar-refractivity contribution is 5.86. The third-order valence-corrected chi connectivity index (χ3v) is 7.56. The monoisotopic (exact) mass is 591 g/mol. The maximum absolute atomic E-state index is 13.9. The third kappa shape index (κ3) is 5.44. The molecule has 0 fully saturated rings. The average molecular weight is 592 g/mol. The summed E-state index contributed by atoms with van der Waals surface area (Å²) in [5.41, 5.74) is 4.55. The fourth-order valence-corrected chi connectivity index (χ4v) is 5.23. The largest absolute Gasteiger partial charge is 0.496 e. The predicted octanol–water partition coefficient (Wildman–Crippen LogP) is 6.70. The van der Waals surface area contributed by atoms with Crippen LogP contribution in [0.25, 0.3) is 22.3 Å². The number of nitrogens with zero attached hydrogens (tertiary/aromatic N) is 3. The van der Waals surface area contributed by atoms with Crippen LogP contribution in [0.1, 0.15) is 42.0 Å². The Labute approximate surface area is 255 Å². The lowest BCUT2D eigenvalue weighted by Gasteiger charge is -2.17. The maximum atomic E-state index is 13.9. The van der Waals surface area contributed by atoms with E-state index in [1.807, 2.05) is 73.7 Å². The van der Waals surface area contributed by atoms with Crippen molar-refractivity contribution in [3.8, 4) is 40.1 Å². The van der Waals surface area contributed by atoms with E-state index in [-0.39, 0.29) is 24.9 Å². The van der Waals surface area contributed by atoms with Gasteiger partial charge in [0.15, 0.2) is 28.8 Å². The number of ether oxygens (including phenoxy) is 5. The molecule has 224 valence electrons. The van der Waals surface area contributed by atoms with Gasteiger partial charge >= 0.3 is 0 Å². The summed E-state index contributed by atoms with van der Waals surface area (Å²) in [5.74, 6) is 3.82. The molecule has 1 aliphatic rings. The quantitative estimate of drug-likeness (QED) is 0.176. The molecule has 44 heavy (non-hydrogen) atoms. The van der Waals surface area contributed by atoms with Crippen molar-refractivity contribution in [3.05, 3.63) is 105 Å². The zero-order chi connectivity index (χ0) is 30.8. The molecule has 5 aromatic rings. The van der Waals surface area contributed by atoms with Gasteiger partial charge in [0.05, 0.1) is 31.3 Å². The first kappa shape index (κ1) is 28.8. The minimum absolute atomic E-state index is 0.190. The van der Waals surface area contributed by atoms with Crippen LogP contribution < -0.4 is 29.2 Å². The van der Waals surface area contributed by atoms with Crippen LogP contribution in [0, 0.1) is 6.92 Å². The molecule has 0 amide bonds. The van der Waals surface area contributed by atoms with Crippen LogP contribution in [0.5, 0.6) is 28.7 Å². The van der Waals surface area contributed by atoms with Gasteiger partial charge in [0.2, 0.25) is 6.79 Å². The lowest BCUT2D eigenvalue weighted by atomic mass is 9.96. The number of para-hydroxylation sites is 2. The highest BCUT2D eigenvalue weighted by atomic mass is 16.7. The van der Waals surface area contributed by atoms with E-state index < -0.39 is 0 Å². The third-order valence-electron chi connectivity index (χ3n) is 7.56. The normalized spacial score (nSPS) is 12.3. The van der Waals surface area contributed by atoms with Gasteiger partial charge in [-0.15, -0.1) is 0 Å². The minimum atomic E-state index is -0.283. The zero-order valence-corrected chi connectivity index (χ0v) is 25.3. The summed E-state index contributed by atoms with van der Waals surface area (Å²) in [5, 5.41) is 5.18. The van der Waals surface area contributed by atoms with Crippen molar-refractivity contribution in [3.63, 3.8) is 0 Å². The lowest BCUT2D eigenvalue weighted by molar-refractivity contribution is 0.174. The molecule has 0 bridgehead atoms. The van der Waals surface area contributed by atoms with E-state index in [1.54, 1.807) is 26.5 Å². The Morgan fingerprint density at radius 2 is 1.75 bits per heavy atom. The van der Waals surface area contributed by atoms with Crippen LogP contribution in [-0.2, 0) is 6.61 Å². The second-order valence-corrected chi connectivity index (χ2v) is 10.7. The van der Waals surface area contributed by atoms with Gasteiger partial charge in [-0.1, -0.05) is 38.1 Å². The molecule has 9 nitrogen and oxygen atoms in total. The summed E-state index contributed by atoms with van der Waals surface area (Å²) < 4.78 is 29.8. The number of benzene rings is 4. The highest BCUT2D eigenvalue weighted by Crippen LogP contribution is 2.36. The number of hydrogen-bond acceptors (Lipinski definition) is 8. The fourth-order valence-electron chi connectivity index (χ4n) is 5.23. The SMILES string of the molecule is COc1cc(C)c(-c2nc3ccccc3c(=O)n2N=Cc2cccc(OC)c2OCc2ccc3c(c2)OCO3)cc1C(C)C. The van der Waals surface area contributed by atoms with E-state index in [0.717, 1.165) is 28.0 Å². The Hall–Kier alpha value is -5.31. The van der Waals surface area contributed by atoms with Gasteiger partial charge in [-0.25, -0.2) is 4.98 Å². The molecule has 0 atom stereocenters. The number of fused-ring (bicyclic) bond motifs is 2. The molecule has 6 rings (SSSR count). The van der Waals surface area contributed by atoms with Gasteiger partial charge in [-0.3, -0.25) is 4.79 Å². The van der Waals surface area contributed by atoms with Crippen LogP contribution >= 0.6 is 0 Å². The summed E-state index contributed by atoms with van der Waals surface area (Å²) >= 11 is 0. The second-order valence-electron chi connectivity index (χ2n) is 10.7. The van der Waals surface area contributed by atoms with Gasteiger partial charge in [0.25, 0.3) is 5.56 Å². The molecule has 2 heterocycles. The number of aromatic nitrogens is 2. The number of methoxy groups -OCH3 is 2. The van der Waals surface area contributed by atoms with Gasteiger partial charge in [0, 0.05) is 11.1 Å². The predicted molar refractivity (Wildman–Crippen MR) is 170 cm³/mol. The van der Waals surface area contributed by atoms with Crippen molar-refractivity contribution in [2.45, 2.75) is 33.3 Å². The zero-order valence-electron chi connectivity index (χ0n) is 25.3. The average Bonchev–Trinajstić information content (AvgIpc) is 3.51. The first-order chi connectivity index (χ1) is 21.4.